The lowest BCUT2D eigenvalue weighted by Crippen LogP contribution is -2.35. The third kappa shape index (κ3) is 3.32. The minimum Gasteiger partial charge on any atom is -0.384 e. The molecule has 0 spiro atoms. The Morgan fingerprint density at radius 2 is 2.00 bits per heavy atom. The lowest BCUT2D eigenvalue weighted by Gasteiger charge is -2.25. The molecule has 0 amide bonds. The maximum Gasteiger partial charge on any atom is 0.244 e. The predicted octanol–water partition coefficient (Wildman–Crippen LogP) is 0.600. The van der Waals surface area contributed by atoms with E-state index in [1.165, 1.54) is 22.8 Å². The first-order valence-electron chi connectivity index (χ1n) is 6.19. The van der Waals surface area contributed by atoms with Crippen molar-refractivity contribution in [2.45, 2.75) is 24.2 Å². The van der Waals surface area contributed by atoms with E-state index >= 15 is 0 Å². The zero-order chi connectivity index (χ0) is 13.7. The third-order valence-electron chi connectivity index (χ3n) is 2.98. The van der Waals surface area contributed by atoms with Gasteiger partial charge in [-0.2, -0.15) is 4.31 Å². The molecule has 1 aliphatic rings. The van der Waals surface area contributed by atoms with Crippen LogP contribution in [0, 0.1) is 11.8 Å². The highest BCUT2D eigenvalue weighted by Gasteiger charge is 2.26. The molecule has 19 heavy (non-hydrogen) atoms. The van der Waals surface area contributed by atoms with E-state index in [4.69, 9.17) is 5.11 Å². The molecule has 1 aromatic rings. The second kappa shape index (κ2) is 6.15. The first-order valence-corrected chi connectivity index (χ1v) is 7.63. The van der Waals surface area contributed by atoms with Crippen molar-refractivity contribution in [2.24, 2.45) is 0 Å². The monoisotopic (exact) mass is 280 g/mol. The number of hydrogen-bond acceptors (Lipinski definition) is 4. The number of pyridine rings is 1. The summed E-state index contributed by atoms with van der Waals surface area (Å²) in [6, 6.07) is 1.50. The molecule has 0 aromatic carbocycles. The summed E-state index contributed by atoms with van der Waals surface area (Å²) >= 11 is 0. The van der Waals surface area contributed by atoms with Gasteiger partial charge in [-0.1, -0.05) is 18.3 Å². The Morgan fingerprint density at radius 1 is 1.26 bits per heavy atom. The van der Waals surface area contributed by atoms with Gasteiger partial charge in [-0.3, -0.25) is 4.98 Å². The molecule has 102 valence electrons. The summed E-state index contributed by atoms with van der Waals surface area (Å²) in [7, 11) is -3.47. The van der Waals surface area contributed by atoms with E-state index in [1.807, 2.05) is 0 Å². The summed E-state index contributed by atoms with van der Waals surface area (Å²) in [4.78, 5) is 4.07. The maximum absolute atomic E-state index is 12.4. The number of hydrogen-bond donors (Lipinski definition) is 1. The molecule has 0 atom stereocenters. The zero-order valence-corrected chi connectivity index (χ0v) is 11.4. The normalized spacial score (nSPS) is 16.7. The van der Waals surface area contributed by atoms with Gasteiger partial charge in [0.2, 0.25) is 10.0 Å². The van der Waals surface area contributed by atoms with Crippen molar-refractivity contribution in [3.05, 3.63) is 24.0 Å². The smallest absolute Gasteiger partial charge is 0.244 e. The van der Waals surface area contributed by atoms with Crippen molar-refractivity contribution < 1.29 is 13.5 Å². The molecule has 0 bridgehead atoms. The Morgan fingerprint density at radius 3 is 2.68 bits per heavy atom. The van der Waals surface area contributed by atoms with Crippen molar-refractivity contribution in [3.8, 4) is 11.8 Å². The number of piperidine rings is 1. The molecule has 0 unspecified atom stereocenters. The quantitative estimate of drug-likeness (QED) is 0.805. The number of sulfonamides is 1. The van der Waals surface area contributed by atoms with Gasteiger partial charge in [0, 0.05) is 31.0 Å². The van der Waals surface area contributed by atoms with E-state index in [-0.39, 0.29) is 11.5 Å². The summed E-state index contributed by atoms with van der Waals surface area (Å²) < 4.78 is 26.3. The van der Waals surface area contributed by atoms with Crippen LogP contribution >= 0.6 is 0 Å². The Hall–Kier alpha value is -1.42. The molecule has 1 aromatic heterocycles. The van der Waals surface area contributed by atoms with Gasteiger partial charge < -0.3 is 5.11 Å². The molecule has 1 N–H and O–H groups in total. The molecule has 1 saturated heterocycles. The third-order valence-corrected chi connectivity index (χ3v) is 4.84. The van der Waals surface area contributed by atoms with E-state index in [2.05, 4.69) is 16.8 Å². The Labute approximate surface area is 113 Å². The van der Waals surface area contributed by atoms with Crippen LogP contribution < -0.4 is 0 Å². The van der Waals surface area contributed by atoms with E-state index in [0.29, 0.717) is 18.7 Å². The van der Waals surface area contributed by atoms with Crippen molar-refractivity contribution in [2.75, 3.05) is 19.7 Å². The Kier molecular flexibility index (Phi) is 4.53. The molecule has 2 rings (SSSR count). The van der Waals surface area contributed by atoms with Crippen molar-refractivity contribution in [3.63, 3.8) is 0 Å². The molecular formula is C13H16N2O3S. The van der Waals surface area contributed by atoms with Gasteiger partial charge in [-0.15, -0.1) is 0 Å². The summed E-state index contributed by atoms with van der Waals surface area (Å²) in [5, 5.41) is 8.64. The highest BCUT2D eigenvalue weighted by molar-refractivity contribution is 7.89. The number of rotatable bonds is 2. The lowest BCUT2D eigenvalue weighted by molar-refractivity contribution is 0.346. The van der Waals surface area contributed by atoms with Gasteiger partial charge in [0.15, 0.2) is 0 Å². The lowest BCUT2D eigenvalue weighted by atomic mass is 10.2. The van der Waals surface area contributed by atoms with Crippen LogP contribution in [0.3, 0.4) is 0 Å². The van der Waals surface area contributed by atoms with E-state index in [9.17, 15) is 8.42 Å². The second-order valence-electron chi connectivity index (χ2n) is 4.33. The van der Waals surface area contributed by atoms with Crippen LogP contribution in [0.2, 0.25) is 0 Å². The molecule has 1 aliphatic heterocycles. The summed E-state index contributed by atoms with van der Waals surface area (Å²) in [6.07, 6.45) is 5.70. The molecule has 5 nitrogen and oxygen atoms in total. The largest absolute Gasteiger partial charge is 0.384 e. The highest BCUT2D eigenvalue weighted by atomic mass is 32.2. The standard InChI is InChI=1S/C13H16N2O3S/c16-8-4-5-12-9-13(11-14-10-12)19(17,18)15-6-2-1-3-7-15/h9-11,16H,1-3,6-8H2. The van der Waals surface area contributed by atoms with Gasteiger partial charge in [0.25, 0.3) is 0 Å². The number of aliphatic hydroxyl groups is 1. The average molecular weight is 280 g/mol. The molecule has 0 radical (unpaired) electrons. The zero-order valence-electron chi connectivity index (χ0n) is 10.5. The Bertz CT molecular complexity index is 596. The van der Waals surface area contributed by atoms with Crippen LogP contribution in [0.1, 0.15) is 24.8 Å². The van der Waals surface area contributed by atoms with Crippen molar-refractivity contribution in [1.82, 2.24) is 9.29 Å². The van der Waals surface area contributed by atoms with E-state index in [1.54, 1.807) is 0 Å². The summed E-state index contributed by atoms with van der Waals surface area (Å²) in [5.41, 5.74) is 0.493. The van der Waals surface area contributed by atoms with Gasteiger partial charge in [0.05, 0.1) is 0 Å². The van der Waals surface area contributed by atoms with Crippen LogP contribution in [-0.2, 0) is 10.0 Å². The molecule has 0 saturated carbocycles. The molecule has 6 heteroatoms. The van der Waals surface area contributed by atoms with Crippen LogP contribution in [-0.4, -0.2) is 42.5 Å². The van der Waals surface area contributed by atoms with Crippen molar-refractivity contribution in [1.29, 1.82) is 0 Å². The van der Waals surface area contributed by atoms with Crippen molar-refractivity contribution >= 4 is 10.0 Å². The van der Waals surface area contributed by atoms with Gasteiger partial charge >= 0.3 is 0 Å². The molecule has 2 heterocycles. The molecular weight excluding hydrogens is 264 g/mol. The second-order valence-corrected chi connectivity index (χ2v) is 6.27. The first-order chi connectivity index (χ1) is 9.14. The first kappa shape index (κ1) is 14.0. The number of aromatic nitrogens is 1. The average Bonchev–Trinajstić information content (AvgIpc) is 2.46. The fourth-order valence-corrected chi connectivity index (χ4v) is 3.53. The fraction of sp³-hybridized carbons (Fsp3) is 0.462. The van der Waals surface area contributed by atoms with Gasteiger partial charge in [0.1, 0.15) is 11.5 Å². The van der Waals surface area contributed by atoms with E-state index in [0.717, 1.165) is 19.3 Å². The topological polar surface area (TPSA) is 70.5 Å². The number of nitrogens with zero attached hydrogens (tertiary/aromatic N) is 2. The van der Waals surface area contributed by atoms with Crippen LogP contribution in [0.15, 0.2) is 23.4 Å². The molecule has 0 aliphatic carbocycles. The summed E-state index contributed by atoms with van der Waals surface area (Å²) in [5.74, 6) is 5.14. The van der Waals surface area contributed by atoms with Gasteiger partial charge in [-0.05, 0) is 18.9 Å². The maximum atomic E-state index is 12.4. The highest BCUT2D eigenvalue weighted by Crippen LogP contribution is 2.20. The Balaban J connectivity index is 2.29. The van der Waals surface area contributed by atoms with Crippen LogP contribution in [0.5, 0.6) is 0 Å². The summed E-state index contributed by atoms with van der Waals surface area (Å²) in [6.45, 7) is 0.868. The number of aliphatic hydroxyl groups excluding tert-OH is 1. The van der Waals surface area contributed by atoms with Gasteiger partial charge in [-0.25, -0.2) is 8.42 Å². The SMILES string of the molecule is O=S(=O)(c1cncc(C#CCO)c1)N1CCCCC1. The minimum absolute atomic E-state index is 0.166. The molecule has 1 fully saturated rings. The predicted molar refractivity (Wildman–Crippen MR) is 70.8 cm³/mol. The fourth-order valence-electron chi connectivity index (χ4n) is 2.02. The van der Waals surface area contributed by atoms with Crippen LogP contribution in [0.4, 0.5) is 0 Å². The minimum atomic E-state index is -3.47. The van der Waals surface area contributed by atoms with Crippen LogP contribution in [0.25, 0.3) is 0 Å². The van der Waals surface area contributed by atoms with E-state index < -0.39 is 10.0 Å².